The fraction of sp³-hybridized carbons (Fsp3) is 0.263. The third-order valence-electron chi connectivity index (χ3n) is 3.71. The van der Waals surface area contributed by atoms with Crippen molar-refractivity contribution in [1.29, 1.82) is 0 Å². The van der Waals surface area contributed by atoms with Crippen molar-refractivity contribution in [1.82, 2.24) is 0 Å². The SMILES string of the molecule is Cc1ccc(C)c(NC(=O)[C@H](C)OC(=O)c2ccc(C)c(F)c2)c1. The normalized spacial score (nSPS) is 11.7. The van der Waals surface area contributed by atoms with Crippen molar-refractivity contribution in [2.75, 3.05) is 5.32 Å². The Kier molecular flexibility index (Phi) is 5.34. The number of halogens is 1. The van der Waals surface area contributed by atoms with Crippen LogP contribution in [0.3, 0.4) is 0 Å². The van der Waals surface area contributed by atoms with Gasteiger partial charge >= 0.3 is 5.97 Å². The van der Waals surface area contributed by atoms with Gasteiger partial charge in [0.15, 0.2) is 6.10 Å². The molecule has 2 aromatic carbocycles. The maximum absolute atomic E-state index is 13.5. The quantitative estimate of drug-likeness (QED) is 0.865. The van der Waals surface area contributed by atoms with Crippen LogP contribution in [0.4, 0.5) is 10.1 Å². The lowest BCUT2D eigenvalue weighted by Crippen LogP contribution is -2.30. The predicted molar refractivity (Wildman–Crippen MR) is 90.6 cm³/mol. The third kappa shape index (κ3) is 4.19. The van der Waals surface area contributed by atoms with Gasteiger partial charge in [-0.3, -0.25) is 4.79 Å². The standard InChI is InChI=1S/C19H20FNO3/c1-11-5-6-13(3)17(9-11)21-18(22)14(4)24-19(23)15-8-7-12(2)16(20)10-15/h5-10,14H,1-4H3,(H,21,22)/t14-/m0/s1. The molecule has 1 N–H and O–H groups in total. The number of hydrogen-bond acceptors (Lipinski definition) is 3. The van der Waals surface area contributed by atoms with Gasteiger partial charge in [-0.25, -0.2) is 9.18 Å². The van der Waals surface area contributed by atoms with Crippen molar-refractivity contribution < 1.29 is 18.7 Å². The highest BCUT2D eigenvalue weighted by Gasteiger charge is 2.20. The Morgan fingerprint density at radius 3 is 2.38 bits per heavy atom. The number of anilines is 1. The molecule has 0 spiro atoms. The van der Waals surface area contributed by atoms with Crippen LogP contribution in [0.15, 0.2) is 36.4 Å². The van der Waals surface area contributed by atoms with Crippen LogP contribution in [0.1, 0.15) is 34.0 Å². The highest BCUT2D eigenvalue weighted by atomic mass is 19.1. The van der Waals surface area contributed by atoms with Gasteiger partial charge < -0.3 is 10.1 Å². The van der Waals surface area contributed by atoms with Crippen molar-refractivity contribution in [3.63, 3.8) is 0 Å². The first-order valence-corrected chi connectivity index (χ1v) is 7.63. The maximum atomic E-state index is 13.5. The first-order valence-electron chi connectivity index (χ1n) is 7.63. The molecule has 4 nitrogen and oxygen atoms in total. The molecule has 24 heavy (non-hydrogen) atoms. The van der Waals surface area contributed by atoms with Crippen LogP contribution in [0.2, 0.25) is 0 Å². The second kappa shape index (κ2) is 7.25. The summed E-state index contributed by atoms with van der Waals surface area (Å²) >= 11 is 0. The summed E-state index contributed by atoms with van der Waals surface area (Å²) in [5, 5.41) is 2.74. The van der Waals surface area contributed by atoms with Gasteiger partial charge in [0.1, 0.15) is 5.82 Å². The van der Waals surface area contributed by atoms with Crippen molar-refractivity contribution in [3.8, 4) is 0 Å². The number of aryl methyl sites for hydroxylation is 3. The monoisotopic (exact) mass is 329 g/mol. The molecule has 1 amide bonds. The highest BCUT2D eigenvalue weighted by molar-refractivity contribution is 5.97. The van der Waals surface area contributed by atoms with E-state index in [2.05, 4.69) is 5.32 Å². The molecule has 2 rings (SSSR count). The molecule has 0 aliphatic carbocycles. The number of amides is 1. The van der Waals surface area contributed by atoms with Gasteiger partial charge in [-0.1, -0.05) is 18.2 Å². The Labute approximate surface area is 140 Å². The molecule has 5 heteroatoms. The second-order valence-corrected chi connectivity index (χ2v) is 5.82. The predicted octanol–water partition coefficient (Wildman–Crippen LogP) is 3.93. The minimum atomic E-state index is -0.998. The van der Waals surface area contributed by atoms with E-state index in [1.165, 1.54) is 19.1 Å². The van der Waals surface area contributed by atoms with E-state index in [0.717, 1.165) is 17.2 Å². The minimum absolute atomic E-state index is 0.0736. The van der Waals surface area contributed by atoms with Crippen LogP contribution >= 0.6 is 0 Å². The molecule has 0 aliphatic heterocycles. The van der Waals surface area contributed by atoms with Crippen molar-refractivity contribution in [2.24, 2.45) is 0 Å². The average Bonchev–Trinajstić information content (AvgIpc) is 2.53. The zero-order chi connectivity index (χ0) is 17.9. The van der Waals surface area contributed by atoms with E-state index in [1.807, 2.05) is 32.0 Å². The van der Waals surface area contributed by atoms with E-state index in [0.29, 0.717) is 11.3 Å². The lowest BCUT2D eigenvalue weighted by Gasteiger charge is -2.15. The van der Waals surface area contributed by atoms with Gasteiger partial charge in [-0.2, -0.15) is 0 Å². The topological polar surface area (TPSA) is 55.4 Å². The Balaban J connectivity index is 2.04. The average molecular weight is 329 g/mol. The minimum Gasteiger partial charge on any atom is -0.449 e. The first kappa shape index (κ1) is 17.7. The molecule has 126 valence electrons. The van der Waals surface area contributed by atoms with Crippen LogP contribution in [0, 0.1) is 26.6 Å². The molecule has 0 fully saturated rings. The van der Waals surface area contributed by atoms with Crippen LogP contribution in [-0.4, -0.2) is 18.0 Å². The van der Waals surface area contributed by atoms with E-state index < -0.39 is 23.8 Å². The summed E-state index contributed by atoms with van der Waals surface area (Å²) in [4.78, 5) is 24.2. The van der Waals surface area contributed by atoms with E-state index in [4.69, 9.17) is 4.74 Å². The maximum Gasteiger partial charge on any atom is 0.339 e. The van der Waals surface area contributed by atoms with Crippen LogP contribution in [0.5, 0.6) is 0 Å². The summed E-state index contributed by atoms with van der Waals surface area (Å²) in [6.45, 7) is 6.87. The molecular formula is C19H20FNO3. The Morgan fingerprint density at radius 1 is 1.04 bits per heavy atom. The molecule has 0 radical (unpaired) electrons. The van der Waals surface area contributed by atoms with Crippen molar-refractivity contribution >= 4 is 17.6 Å². The molecular weight excluding hydrogens is 309 g/mol. The molecule has 0 bridgehead atoms. The zero-order valence-corrected chi connectivity index (χ0v) is 14.1. The van der Waals surface area contributed by atoms with Gasteiger partial charge in [0.05, 0.1) is 5.56 Å². The zero-order valence-electron chi connectivity index (χ0n) is 14.1. The van der Waals surface area contributed by atoms with Crippen LogP contribution < -0.4 is 5.32 Å². The molecule has 0 aliphatic rings. The Hall–Kier alpha value is -2.69. The molecule has 0 saturated heterocycles. The highest BCUT2D eigenvalue weighted by Crippen LogP contribution is 2.17. The molecule has 0 aromatic heterocycles. The molecule has 0 heterocycles. The third-order valence-corrected chi connectivity index (χ3v) is 3.71. The largest absolute Gasteiger partial charge is 0.449 e. The lowest BCUT2D eigenvalue weighted by atomic mass is 10.1. The molecule has 0 saturated carbocycles. The lowest BCUT2D eigenvalue weighted by molar-refractivity contribution is -0.123. The summed E-state index contributed by atoms with van der Waals surface area (Å²) < 4.78 is 18.6. The molecule has 0 unspecified atom stereocenters. The van der Waals surface area contributed by atoms with E-state index in [9.17, 15) is 14.0 Å². The van der Waals surface area contributed by atoms with E-state index in [1.54, 1.807) is 6.92 Å². The summed E-state index contributed by atoms with van der Waals surface area (Å²) in [5.41, 5.74) is 3.10. The summed E-state index contributed by atoms with van der Waals surface area (Å²) in [7, 11) is 0. The summed E-state index contributed by atoms with van der Waals surface area (Å²) in [6, 6.07) is 9.75. The molecule has 2 aromatic rings. The number of hydrogen-bond donors (Lipinski definition) is 1. The van der Waals surface area contributed by atoms with Crippen LogP contribution in [0.25, 0.3) is 0 Å². The number of carbonyl (C=O) groups is 2. The number of nitrogens with one attached hydrogen (secondary N) is 1. The number of esters is 1. The van der Waals surface area contributed by atoms with Gasteiger partial charge in [-0.15, -0.1) is 0 Å². The fourth-order valence-corrected chi connectivity index (χ4v) is 2.11. The summed E-state index contributed by atoms with van der Waals surface area (Å²) in [5.74, 6) is -1.67. The van der Waals surface area contributed by atoms with E-state index in [-0.39, 0.29) is 5.56 Å². The second-order valence-electron chi connectivity index (χ2n) is 5.82. The Morgan fingerprint density at radius 2 is 1.71 bits per heavy atom. The number of rotatable bonds is 4. The van der Waals surface area contributed by atoms with Gasteiger partial charge in [0.2, 0.25) is 0 Å². The van der Waals surface area contributed by atoms with Gasteiger partial charge in [0, 0.05) is 5.69 Å². The number of carbonyl (C=O) groups excluding carboxylic acids is 2. The number of ether oxygens (including phenoxy) is 1. The van der Waals surface area contributed by atoms with Crippen molar-refractivity contribution in [3.05, 3.63) is 64.5 Å². The Bertz CT molecular complexity index is 786. The van der Waals surface area contributed by atoms with Crippen LogP contribution in [-0.2, 0) is 9.53 Å². The summed E-state index contributed by atoms with van der Waals surface area (Å²) in [6.07, 6.45) is -0.998. The van der Waals surface area contributed by atoms with Gasteiger partial charge in [-0.05, 0) is 62.6 Å². The van der Waals surface area contributed by atoms with Crippen molar-refractivity contribution in [2.45, 2.75) is 33.8 Å². The first-order chi connectivity index (χ1) is 11.3. The fourth-order valence-electron chi connectivity index (χ4n) is 2.11. The number of benzene rings is 2. The van der Waals surface area contributed by atoms with Gasteiger partial charge in [0.25, 0.3) is 5.91 Å². The van der Waals surface area contributed by atoms with E-state index >= 15 is 0 Å². The smallest absolute Gasteiger partial charge is 0.339 e. The molecule has 1 atom stereocenters.